The number of hydrogen-bond acceptors (Lipinski definition) is 2. The molecular weight excluding hydrogens is 288 g/mol. The molecule has 0 aliphatic heterocycles. The lowest BCUT2D eigenvalue weighted by atomic mass is 10.0. The Balaban J connectivity index is 2.21. The molecule has 1 amide bonds. The van der Waals surface area contributed by atoms with E-state index in [1.54, 1.807) is 12.1 Å². The molecule has 0 fully saturated rings. The molecule has 0 atom stereocenters. The van der Waals surface area contributed by atoms with Gasteiger partial charge in [0, 0.05) is 5.69 Å². The Kier molecular flexibility index (Phi) is 5.09. The van der Waals surface area contributed by atoms with Crippen LogP contribution in [0.4, 0.5) is 14.5 Å². The predicted octanol–water partition coefficient (Wildman–Crippen LogP) is 4.66. The third-order valence-electron chi connectivity index (χ3n) is 3.16. The van der Waals surface area contributed by atoms with Crippen LogP contribution in [0.15, 0.2) is 48.5 Å². The van der Waals surface area contributed by atoms with Gasteiger partial charge in [-0.15, -0.1) is 0 Å². The fourth-order valence-electron chi connectivity index (χ4n) is 2.03. The summed E-state index contributed by atoms with van der Waals surface area (Å²) in [5.74, 6) is -0.307. The van der Waals surface area contributed by atoms with E-state index in [1.807, 2.05) is 32.0 Å². The van der Waals surface area contributed by atoms with Gasteiger partial charge < -0.3 is 10.1 Å². The van der Waals surface area contributed by atoms with Crippen molar-refractivity contribution in [2.24, 2.45) is 0 Å². The molecule has 0 aliphatic rings. The van der Waals surface area contributed by atoms with Gasteiger partial charge in [-0.1, -0.05) is 38.1 Å². The summed E-state index contributed by atoms with van der Waals surface area (Å²) >= 11 is 0. The highest BCUT2D eigenvalue weighted by Gasteiger charge is 2.15. The van der Waals surface area contributed by atoms with Crippen LogP contribution in [0.2, 0.25) is 0 Å². The van der Waals surface area contributed by atoms with E-state index in [0.717, 1.165) is 5.56 Å². The first-order chi connectivity index (χ1) is 10.5. The van der Waals surface area contributed by atoms with Crippen LogP contribution in [-0.2, 0) is 0 Å². The van der Waals surface area contributed by atoms with Crippen molar-refractivity contribution in [1.29, 1.82) is 0 Å². The van der Waals surface area contributed by atoms with Gasteiger partial charge in [-0.3, -0.25) is 4.79 Å². The lowest BCUT2D eigenvalue weighted by molar-refractivity contribution is -0.0501. The highest BCUT2D eigenvalue weighted by Crippen LogP contribution is 2.23. The van der Waals surface area contributed by atoms with E-state index < -0.39 is 12.5 Å². The zero-order valence-electron chi connectivity index (χ0n) is 12.3. The number of amides is 1. The van der Waals surface area contributed by atoms with E-state index >= 15 is 0 Å². The van der Waals surface area contributed by atoms with Crippen molar-refractivity contribution in [3.8, 4) is 5.75 Å². The van der Waals surface area contributed by atoms with Gasteiger partial charge in [-0.05, 0) is 35.7 Å². The minimum Gasteiger partial charge on any atom is -0.434 e. The van der Waals surface area contributed by atoms with Gasteiger partial charge in [0.15, 0.2) is 0 Å². The highest BCUT2D eigenvalue weighted by atomic mass is 19.3. The summed E-state index contributed by atoms with van der Waals surface area (Å²) in [5, 5.41) is 2.70. The summed E-state index contributed by atoms with van der Waals surface area (Å²) < 4.78 is 29.1. The summed E-state index contributed by atoms with van der Waals surface area (Å²) in [7, 11) is 0. The van der Waals surface area contributed by atoms with E-state index in [4.69, 9.17) is 0 Å². The van der Waals surface area contributed by atoms with Crippen molar-refractivity contribution < 1.29 is 18.3 Å². The molecule has 22 heavy (non-hydrogen) atoms. The minimum absolute atomic E-state index is 0.0674. The Bertz CT molecular complexity index is 657. The average molecular weight is 305 g/mol. The maximum atomic E-state index is 12.4. The van der Waals surface area contributed by atoms with Gasteiger partial charge in [-0.25, -0.2) is 0 Å². The molecule has 116 valence electrons. The first kappa shape index (κ1) is 15.9. The van der Waals surface area contributed by atoms with Gasteiger partial charge in [0.2, 0.25) is 0 Å². The summed E-state index contributed by atoms with van der Waals surface area (Å²) in [4.78, 5) is 12.3. The van der Waals surface area contributed by atoms with E-state index in [1.165, 1.54) is 18.2 Å². The van der Waals surface area contributed by atoms with E-state index in [9.17, 15) is 13.6 Å². The summed E-state index contributed by atoms with van der Waals surface area (Å²) in [6, 6.07) is 13.3. The van der Waals surface area contributed by atoms with Gasteiger partial charge >= 0.3 is 6.61 Å². The molecule has 0 bridgehead atoms. The molecule has 5 heteroatoms. The maximum absolute atomic E-state index is 12.4. The van der Waals surface area contributed by atoms with Crippen molar-refractivity contribution in [2.75, 3.05) is 5.32 Å². The molecule has 0 saturated carbocycles. The fourth-order valence-corrected chi connectivity index (χ4v) is 2.03. The molecule has 2 aromatic carbocycles. The fraction of sp³-hybridized carbons (Fsp3) is 0.235. The molecule has 0 saturated heterocycles. The Labute approximate surface area is 127 Å². The normalized spacial score (nSPS) is 10.8. The van der Waals surface area contributed by atoms with E-state index in [2.05, 4.69) is 10.1 Å². The second-order valence-electron chi connectivity index (χ2n) is 5.11. The number of rotatable bonds is 5. The lowest BCUT2D eigenvalue weighted by Gasteiger charge is -2.12. The zero-order valence-corrected chi connectivity index (χ0v) is 12.3. The summed E-state index contributed by atoms with van der Waals surface area (Å²) in [6.45, 7) is 1.12. The van der Waals surface area contributed by atoms with Crippen molar-refractivity contribution in [3.63, 3.8) is 0 Å². The maximum Gasteiger partial charge on any atom is 0.387 e. The van der Waals surface area contributed by atoms with Crippen molar-refractivity contribution in [3.05, 3.63) is 59.7 Å². The lowest BCUT2D eigenvalue weighted by Crippen LogP contribution is -2.15. The number of para-hydroxylation sites is 1. The third kappa shape index (κ3) is 4.04. The van der Waals surface area contributed by atoms with Crippen LogP contribution in [0.5, 0.6) is 5.75 Å². The number of halogens is 2. The largest absolute Gasteiger partial charge is 0.434 e. The molecule has 0 aromatic heterocycles. The topological polar surface area (TPSA) is 38.3 Å². The van der Waals surface area contributed by atoms with Crippen LogP contribution in [0.3, 0.4) is 0 Å². The number of ether oxygens (including phenoxy) is 1. The standard InChI is InChI=1S/C17H17F2NO2/c1-11(2)12-6-5-7-13(10-12)20-16(21)14-8-3-4-9-15(14)22-17(18)19/h3-11,17H,1-2H3,(H,20,21). The molecule has 0 spiro atoms. The Morgan fingerprint density at radius 3 is 2.50 bits per heavy atom. The van der Waals surface area contributed by atoms with Gasteiger partial charge in [0.05, 0.1) is 5.56 Å². The van der Waals surface area contributed by atoms with Crippen molar-refractivity contribution >= 4 is 11.6 Å². The Hall–Kier alpha value is -2.43. The summed E-state index contributed by atoms with van der Waals surface area (Å²) in [5.41, 5.74) is 1.76. The third-order valence-corrected chi connectivity index (χ3v) is 3.16. The molecule has 1 N–H and O–H groups in total. The van der Waals surface area contributed by atoms with Crippen LogP contribution in [0.25, 0.3) is 0 Å². The van der Waals surface area contributed by atoms with Crippen LogP contribution in [0.1, 0.15) is 35.7 Å². The molecule has 2 aromatic rings. The van der Waals surface area contributed by atoms with Crippen LogP contribution < -0.4 is 10.1 Å². The number of carbonyl (C=O) groups is 1. The zero-order chi connectivity index (χ0) is 16.1. The molecule has 2 rings (SSSR count). The SMILES string of the molecule is CC(C)c1cccc(NC(=O)c2ccccc2OC(F)F)c1. The second-order valence-corrected chi connectivity index (χ2v) is 5.11. The minimum atomic E-state index is -2.97. The molecule has 0 unspecified atom stereocenters. The number of nitrogens with one attached hydrogen (secondary N) is 1. The number of anilines is 1. The number of benzene rings is 2. The molecule has 0 radical (unpaired) electrons. The average Bonchev–Trinajstić information content (AvgIpc) is 2.47. The highest BCUT2D eigenvalue weighted by molar-refractivity contribution is 6.06. The number of hydrogen-bond donors (Lipinski definition) is 1. The second kappa shape index (κ2) is 7.02. The van der Waals surface area contributed by atoms with Crippen molar-refractivity contribution in [1.82, 2.24) is 0 Å². The van der Waals surface area contributed by atoms with E-state index in [-0.39, 0.29) is 11.3 Å². The monoisotopic (exact) mass is 305 g/mol. The van der Waals surface area contributed by atoms with E-state index in [0.29, 0.717) is 11.6 Å². The van der Waals surface area contributed by atoms with Crippen molar-refractivity contribution in [2.45, 2.75) is 26.4 Å². The number of carbonyl (C=O) groups excluding carboxylic acids is 1. The first-order valence-corrected chi connectivity index (χ1v) is 6.92. The Morgan fingerprint density at radius 2 is 1.82 bits per heavy atom. The Morgan fingerprint density at radius 1 is 1.09 bits per heavy atom. The van der Waals surface area contributed by atoms with Crippen LogP contribution in [0, 0.1) is 0 Å². The van der Waals surface area contributed by atoms with Gasteiger partial charge in [0.1, 0.15) is 5.75 Å². The molecule has 0 heterocycles. The molecular formula is C17H17F2NO2. The smallest absolute Gasteiger partial charge is 0.387 e. The quantitative estimate of drug-likeness (QED) is 0.872. The summed E-state index contributed by atoms with van der Waals surface area (Å²) in [6.07, 6.45) is 0. The predicted molar refractivity (Wildman–Crippen MR) is 81.6 cm³/mol. The van der Waals surface area contributed by atoms with Crippen LogP contribution in [-0.4, -0.2) is 12.5 Å². The van der Waals surface area contributed by atoms with Crippen LogP contribution >= 0.6 is 0 Å². The number of alkyl halides is 2. The van der Waals surface area contributed by atoms with Gasteiger partial charge in [-0.2, -0.15) is 8.78 Å². The van der Waals surface area contributed by atoms with Gasteiger partial charge in [0.25, 0.3) is 5.91 Å². The first-order valence-electron chi connectivity index (χ1n) is 6.92. The molecule has 0 aliphatic carbocycles. The molecule has 3 nitrogen and oxygen atoms in total.